The Kier molecular flexibility index (Phi) is 6.08. The van der Waals surface area contributed by atoms with E-state index in [0.717, 1.165) is 0 Å². The molecule has 7 nitrogen and oxygen atoms in total. The van der Waals surface area contributed by atoms with Crippen molar-refractivity contribution in [2.24, 2.45) is 0 Å². The molecule has 0 aromatic heterocycles. The number of nitro benzene ring substituents is 1. The number of rotatable bonds is 7. The second kappa shape index (κ2) is 8.25. The van der Waals surface area contributed by atoms with Crippen molar-refractivity contribution in [1.82, 2.24) is 0 Å². The molecule has 0 atom stereocenters. The summed E-state index contributed by atoms with van der Waals surface area (Å²) in [7, 11) is 0. The first kappa shape index (κ1) is 18.4. The third kappa shape index (κ3) is 5.02. The van der Waals surface area contributed by atoms with Gasteiger partial charge in [0.1, 0.15) is 5.75 Å². The lowest BCUT2D eigenvalue weighted by atomic mass is 10.1. The number of nitrogens with zero attached hydrogens (tertiary/aromatic N) is 1. The van der Waals surface area contributed by atoms with Gasteiger partial charge in [0.25, 0.3) is 11.6 Å². The maximum atomic E-state index is 12.0. The molecule has 0 bridgehead atoms. The van der Waals surface area contributed by atoms with Crippen molar-refractivity contribution in [3.8, 4) is 5.75 Å². The predicted molar refractivity (Wildman–Crippen MR) is 93.3 cm³/mol. The standard InChI is InChI=1S/C17H15ClN2O5/c1-2-15(21)14-8-11(18)6-7-16(14)25-10-17(22)19-12-4-3-5-13(9-12)20(23)24/h3-9H,2,10H2,1H3,(H,19,22). The molecule has 2 rings (SSSR count). The van der Waals surface area contributed by atoms with Gasteiger partial charge in [0.05, 0.1) is 10.5 Å². The molecule has 25 heavy (non-hydrogen) atoms. The average Bonchev–Trinajstić information content (AvgIpc) is 2.60. The Hall–Kier alpha value is -2.93. The lowest BCUT2D eigenvalue weighted by molar-refractivity contribution is -0.384. The van der Waals surface area contributed by atoms with Gasteiger partial charge in [-0.05, 0) is 24.3 Å². The van der Waals surface area contributed by atoms with Crippen LogP contribution in [0.4, 0.5) is 11.4 Å². The van der Waals surface area contributed by atoms with Gasteiger partial charge in [0.15, 0.2) is 12.4 Å². The zero-order valence-corrected chi connectivity index (χ0v) is 14.1. The van der Waals surface area contributed by atoms with Crippen LogP contribution in [0.2, 0.25) is 5.02 Å². The highest BCUT2D eigenvalue weighted by atomic mass is 35.5. The van der Waals surface area contributed by atoms with Gasteiger partial charge >= 0.3 is 0 Å². The van der Waals surface area contributed by atoms with Crippen LogP contribution < -0.4 is 10.1 Å². The molecule has 0 radical (unpaired) electrons. The van der Waals surface area contributed by atoms with Gasteiger partial charge in [-0.3, -0.25) is 19.7 Å². The van der Waals surface area contributed by atoms with E-state index in [4.69, 9.17) is 16.3 Å². The molecule has 0 aliphatic heterocycles. The van der Waals surface area contributed by atoms with Gasteiger partial charge in [-0.15, -0.1) is 0 Å². The summed E-state index contributed by atoms with van der Waals surface area (Å²) in [5.41, 5.74) is 0.453. The minimum Gasteiger partial charge on any atom is -0.483 e. The SMILES string of the molecule is CCC(=O)c1cc(Cl)ccc1OCC(=O)Nc1cccc([N+](=O)[O-])c1. The number of Topliss-reactive ketones (excluding diaryl/α,β-unsaturated/α-hetero) is 1. The summed E-state index contributed by atoms with van der Waals surface area (Å²) in [6.07, 6.45) is 0.274. The van der Waals surface area contributed by atoms with Gasteiger partial charge in [0.2, 0.25) is 0 Å². The van der Waals surface area contributed by atoms with Crippen molar-refractivity contribution in [2.75, 3.05) is 11.9 Å². The number of anilines is 1. The smallest absolute Gasteiger partial charge is 0.271 e. The van der Waals surface area contributed by atoms with Gasteiger partial charge in [0, 0.05) is 29.3 Å². The van der Waals surface area contributed by atoms with Crippen LogP contribution in [-0.2, 0) is 4.79 Å². The molecule has 0 aliphatic rings. The first-order chi connectivity index (χ1) is 11.9. The van der Waals surface area contributed by atoms with Crippen molar-refractivity contribution in [2.45, 2.75) is 13.3 Å². The minimum absolute atomic E-state index is 0.132. The molecule has 2 aromatic carbocycles. The van der Waals surface area contributed by atoms with Gasteiger partial charge < -0.3 is 10.1 Å². The summed E-state index contributed by atoms with van der Waals surface area (Å²) >= 11 is 5.89. The number of carbonyl (C=O) groups excluding carboxylic acids is 2. The largest absolute Gasteiger partial charge is 0.483 e. The first-order valence-electron chi connectivity index (χ1n) is 7.40. The second-order valence-electron chi connectivity index (χ2n) is 5.06. The van der Waals surface area contributed by atoms with Crippen molar-refractivity contribution >= 4 is 34.7 Å². The molecule has 0 spiro atoms. The summed E-state index contributed by atoms with van der Waals surface area (Å²) in [4.78, 5) is 34.1. The molecular formula is C17H15ClN2O5. The van der Waals surface area contributed by atoms with E-state index in [1.165, 1.54) is 36.4 Å². The molecule has 130 valence electrons. The number of benzene rings is 2. The Morgan fingerprint density at radius 1 is 1.24 bits per heavy atom. The molecule has 0 saturated heterocycles. The Morgan fingerprint density at radius 2 is 2.00 bits per heavy atom. The van der Waals surface area contributed by atoms with Crippen LogP contribution in [0.5, 0.6) is 5.75 Å². The first-order valence-corrected chi connectivity index (χ1v) is 7.78. The Morgan fingerprint density at radius 3 is 2.68 bits per heavy atom. The van der Waals surface area contributed by atoms with Crippen LogP contribution in [0.25, 0.3) is 0 Å². The molecule has 2 aromatic rings. The molecule has 1 amide bonds. The van der Waals surface area contributed by atoms with Crippen molar-refractivity contribution in [3.63, 3.8) is 0 Å². The fourth-order valence-corrected chi connectivity index (χ4v) is 2.25. The third-order valence-electron chi connectivity index (χ3n) is 3.26. The molecule has 8 heteroatoms. The van der Waals surface area contributed by atoms with Crippen LogP contribution in [0.3, 0.4) is 0 Å². The van der Waals surface area contributed by atoms with Crippen LogP contribution in [0.1, 0.15) is 23.7 Å². The van der Waals surface area contributed by atoms with E-state index in [9.17, 15) is 19.7 Å². The van der Waals surface area contributed by atoms with E-state index in [-0.39, 0.29) is 35.9 Å². The van der Waals surface area contributed by atoms with Gasteiger partial charge in [-0.25, -0.2) is 0 Å². The third-order valence-corrected chi connectivity index (χ3v) is 3.50. The van der Waals surface area contributed by atoms with Crippen molar-refractivity contribution in [1.29, 1.82) is 0 Å². The number of halogens is 1. The fourth-order valence-electron chi connectivity index (χ4n) is 2.07. The van der Waals surface area contributed by atoms with Crippen LogP contribution in [-0.4, -0.2) is 23.2 Å². The number of ketones is 1. The summed E-state index contributed by atoms with van der Waals surface area (Å²) in [6, 6.07) is 10.1. The van der Waals surface area contributed by atoms with Crippen LogP contribution >= 0.6 is 11.6 Å². The summed E-state index contributed by atoms with van der Waals surface area (Å²) in [5.74, 6) is -0.410. The molecule has 0 unspecified atom stereocenters. The Bertz CT molecular complexity index is 822. The summed E-state index contributed by atoms with van der Waals surface area (Å²) in [6.45, 7) is 1.36. The van der Waals surface area contributed by atoms with E-state index >= 15 is 0 Å². The van der Waals surface area contributed by atoms with Gasteiger partial charge in [-0.2, -0.15) is 0 Å². The zero-order valence-electron chi connectivity index (χ0n) is 13.3. The number of hydrogen-bond acceptors (Lipinski definition) is 5. The van der Waals surface area contributed by atoms with E-state index in [1.807, 2.05) is 0 Å². The number of non-ortho nitro benzene ring substituents is 1. The van der Waals surface area contributed by atoms with Crippen molar-refractivity contribution in [3.05, 3.63) is 63.2 Å². The van der Waals surface area contributed by atoms with Crippen LogP contribution in [0.15, 0.2) is 42.5 Å². The summed E-state index contributed by atoms with van der Waals surface area (Å²) < 4.78 is 5.40. The van der Waals surface area contributed by atoms with Crippen molar-refractivity contribution < 1.29 is 19.2 Å². The van der Waals surface area contributed by atoms with E-state index in [1.54, 1.807) is 13.0 Å². The van der Waals surface area contributed by atoms with Crippen LogP contribution in [0, 0.1) is 10.1 Å². The highest BCUT2D eigenvalue weighted by molar-refractivity contribution is 6.31. The molecule has 1 N–H and O–H groups in total. The number of nitro groups is 1. The van der Waals surface area contributed by atoms with E-state index in [2.05, 4.69) is 5.32 Å². The number of carbonyl (C=O) groups is 2. The second-order valence-corrected chi connectivity index (χ2v) is 5.50. The molecule has 0 heterocycles. The number of amides is 1. The fraction of sp³-hybridized carbons (Fsp3) is 0.176. The predicted octanol–water partition coefficient (Wildman–Crippen LogP) is 3.86. The highest BCUT2D eigenvalue weighted by Gasteiger charge is 2.14. The average molecular weight is 363 g/mol. The molecule has 0 aliphatic carbocycles. The highest BCUT2D eigenvalue weighted by Crippen LogP contribution is 2.24. The Balaban J connectivity index is 2.04. The maximum absolute atomic E-state index is 12.0. The normalized spacial score (nSPS) is 10.2. The number of hydrogen-bond donors (Lipinski definition) is 1. The summed E-state index contributed by atoms with van der Waals surface area (Å²) in [5, 5.41) is 13.6. The molecule has 0 saturated carbocycles. The topological polar surface area (TPSA) is 98.5 Å². The quantitative estimate of drug-likeness (QED) is 0.458. The van der Waals surface area contributed by atoms with E-state index in [0.29, 0.717) is 10.6 Å². The maximum Gasteiger partial charge on any atom is 0.271 e. The minimum atomic E-state index is -0.553. The van der Waals surface area contributed by atoms with Gasteiger partial charge in [-0.1, -0.05) is 24.6 Å². The van der Waals surface area contributed by atoms with E-state index < -0.39 is 10.8 Å². The molecule has 0 fully saturated rings. The number of ether oxygens (including phenoxy) is 1. The lowest BCUT2D eigenvalue weighted by Gasteiger charge is -2.11. The lowest BCUT2D eigenvalue weighted by Crippen LogP contribution is -2.20. The zero-order chi connectivity index (χ0) is 18.4. The Labute approximate surface area is 148 Å². The monoisotopic (exact) mass is 362 g/mol. The number of nitrogens with one attached hydrogen (secondary N) is 1. The molecular weight excluding hydrogens is 348 g/mol.